The van der Waals surface area contributed by atoms with Gasteiger partial charge in [-0.1, -0.05) is 0 Å². The fourth-order valence-electron chi connectivity index (χ4n) is 0.776. The van der Waals surface area contributed by atoms with Gasteiger partial charge in [0.05, 0.1) is 4.92 Å². The molecule has 7 heteroatoms. The molecular formula is C6H4N3O4-. The first-order valence-electron chi connectivity index (χ1n) is 3.16. The Morgan fingerprint density at radius 2 is 2.38 bits per heavy atom. The highest BCUT2D eigenvalue weighted by atomic mass is 16.6. The van der Waals surface area contributed by atoms with Crippen molar-refractivity contribution in [3.05, 3.63) is 28.3 Å². The van der Waals surface area contributed by atoms with E-state index >= 15 is 0 Å². The van der Waals surface area contributed by atoms with Gasteiger partial charge in [-0.2, -0.15) is 5.10 Å². The second-order valence-electron chi connectivity index (χ2n) is 2.08. The number of aldehydes is 1. The predicted octanol–water partition coefficient (Wildman–Crippen LogP) is -0.782. The first-order chi connectivity index (χ1) is 6.20. The number of H-pyrrole nitrogens is 1. The van der Waals surface area contributed by atoms with Gasteiger partial charge in [0, 0.05) is 5.57 Å². The lowest BCUT2D eigenvalue weighted by Gasteiger charge is -1.97. The number of rotatable bonds is 3. The lowest BCUT2D eigenvalue weighted by molar-refractivity contribution is -0.385. The van der Waals surface area contributed by atoms with E-state index in [1.165, 1.54) is 0 Å². The highest BCUT2D eigenvalue weighted by Gasteiger charge is 2.17. The second kappa shape index (κ2) is 3.48. The van der Waals surface area contributed by atoms with Crippen molar-refractivity contribution in [1.29, 1.82) is 0 Å². The molecule has 1 aromatic rings. The number of hydrogen-bond acceptors (Lipinski definition) is 5. The number of nitrogens with zero attached hydrogens (tertiary/aromatic N) is 2. The quantitative estimate of drug-likeness (QED) is 0.216. The van der Waals surface area contributed by atoms with E-state index in [1.54, 1.807) is 0 Å². The summed E-state index contributed by atoms with van der Waals surface area (Å²) in [4.78, 5) is 19.9. The van der Waals surface area contributed by atoms with Gasteiger partial charge in [-0.15, -0.1) is 6.26 Å². The molecule has 0 saturated heterocycles. The number of hydrogen-bond donors (Lipinski definition) is 1. The number of aromatic amines is 1. The number of carbonyl (C=O) groups excluding carboxylic acids is 1. The first-order valence-corrected chi connectivity index (χ1v) is 3.16. The molecule has 1 aromatic heterocycles. The average molecular weight is 182 g/mol. The lowest BCUT2D eigenvalue weighted by Crippen LogP contribution is -1.98. The maximum Gasteiger partial charge on any atom is 0.314 e. The Labute approximate surface area is 71.8 Å². The molecule has 0 fully saturated rings. The third-order valence-electron chi connectivity index (χ3n) is 1.36. The Morgan fingerprint density at radius 1 is 1.69 bits per heavy atom. The van der Waals surface area contributed by atoms with Crippen LogP contribution in [0.15, 0.2) is 12.5 Å². The van der Waals surface area contributed by atoms with Crippen molar-refractivity contribution in [2.24, 2.45) is 0 Å². The molecule has 0 unspecified atom stereocenters. The van der Waals surface area contributed by atoms with Gasteiger partial charge < -0.3 is 5.11 Å². The summed E-state index contributed by atoms with van der Waals surface area (Å²) >= 11 is 0. The summed E-state index contributed by atoms with van der Waals surface area (Å²) in [5.74, 6) is 0. The molecule has 0 aliphatic rings. The number of nitrogens with one attached hydrogen (secondary N) is 1. The summed E-state index contributed by atoms with van der Waals surface area (Å²) in [7, 11) is 0. The SMILES string of the molecule is O=CC(=C[O-])c1[nH]ncc1[N+](=O)[O-]. The van der Waals surface area contributed by atoms with Crippen LogP contribution in [0.2, 0.25) is 0 Å². The molecule has 0 bridgehead atoms. The van der Waals surface area contributed by atoms with Gasteiger partial charge in [0.2, 0.25) is 0 Å². The largest absolute Gasteiger partial charge is 0.877 e. The topological polar surface area (TPSA) is 112 Å². The van der Waals surface area contributed by atoms with E-state index in [4.69, 9.17) is 0 Å². The smallest absolute Gasteiger partial charge is 0.314 e. The van der Waals surface area contributed by atoms with E-state index in [0.29, 0.717) is 0 Å². The number of aromatic nitrogens is 2. The molecule has 0 aliphatic heterocycles. The van der Waals surface area contributed by atoms with Gasteiger partial charge in [0.25, 0.3) is 0 Å². The van der Waals surface area contributed by atoms with E-state index in [-0.39, 0.29) is 23.8 Å². The summed E-state index contributed by atoms with van der Waals surface area (Å²) in [5, 5.41) is 26.1. The Hall–Kier alpha value is -2.18. The zero-order chi connectivity index (χ0) is 9.84. The molecule has 0 radical (unpaired) electrons. The number of allylic oxidation sites excluding steroid dienone is 1. The molecule has 0 aliphatic carbocycles. The zero-order valence-electron chi connectivity index (χ0n) is 6.26. The van der Waals surface area contributed by atoms with Crippen LogP contribution in [0.4, 0.5) is 5.69 Å². The first kappa shape index (κ1) is 8.91. The van der Waals surface area contributed by atoms with E-state index in [0.717, 1.165) is 6.20 Å². The third kappa shape index (κ3) is 1.53. The molecule has 0 saturated carbocycles. The summed E-state index contributed by atoms with van der Waals surface area (Å²) in [6.45, 7) is 0. The van der Waals surface area contributed by atoms with Crippen molar-refractivity contribution in [1.82, 2.24) is 10.2 Å². The Bertz CT molecular complexity index is 368. The maximum absolute atomic E-state index is 10.3. The number of nitro groups is 1. The predicted molar refractivity (Wildman–Crippen MR) is 39.3 cm³/mol. The van der Waals surface area contributed by atoms with E-state index in [9.17, 15) is 20.0 Å². The fourth-order valence-corrected chi connectivity index (χ4v) is 0.776. The van der Waals surface area contributed by atoms with E-state index in [2.05, 4.69) is 10.2 Å². The molecule has 13 heavy (non-hydrogen) atoms. The average Bonchev–Trinajstić information content (AvgIpc) is 2.55. The highest BCUT2D eigenvalue weighted by Crippen LogP contribution is 2.20. The van der Waals surface area contributed by atoms with Gasteiger partial charge in [0.15, 0.2) is 6.29 Å². The van der Waals surface area contributed by atoms with Crippen LogP contribution < -0.4 is 5.11 Å². The lowest BCUT2D eigenvalue weighted by atomic mass is 10.2. The minimum absolute atomic E-state index is 0.171. The van der Waals surface area contributed by atoms with Crippen LogP contribution in [0.1, 0.15) is 5.69 Å². The van der Waals surface area contributed by atoms with Crippen LogP contribution in [0.25, 0.3) is 5.57 Å². The van der Waals surface area contributed by atoms with Gasteiger partial charge in [0.1, 0.15) is 11.9 Å². The normalized spacial score (nSPS) is 11.2. The zero-order valence-corrected chi connectivity index (χ0v) is 6.26. The van der Waals surface area contributed by atoms with Crippen molar-refractivity contribution < 1.29 is 14.8 Å². The van der Waals surface area contributed by atoms with Crippen molar-refractivity contribution in [2.75, 3.05) is 0 Å². The van der Waals surface area contributed by atoms with Crippen LogP contribution in [0.3, 0.4) is 0 Å². The third-order valence-corrected chi connectivity index (χ3v) is 1.36. The van der Waals surface area contributed by atoms with Gasteiger partial charge in [-0.25, -0.2) is 0 Å². The minimum Gasteiger partial charge on any atom is -0.877 e. The standard InChI is InChI=1S/C6H5N3O4/c10-2-4(3-11)6-5(9(12)13)1-7-8-6/h1-3,10H,(H,7,8)/p-1. The van der Waals surface area contributed by atoms with Crippen LogP contribution in [-0.4, -0.2) is 21.4 Å². The Kier molecular flexibility index (Phi) is 2.38. The molecule has 0 spiro atoms. The van der Waals surface area contributed by atoms with Crippen LogP contribution in [-0.2, 0) is 4.79 Å². The van der Waals surface area contributed by atoms with Crippen molar-refractivity contribution in [3.63, 3.8) is 0 Å². The molecule has 0 atom stereocenters. The highest BCUT2D eigenvalue weighted by molar-refractivity contribution is 6.06. The molecule has 7 nitrogen and oxygen atoms in total. The maximum atomic E-state index is 10.3. The van der Waals surface area contributed by atoms with Gasteiger partial charge >= 0.3 is 5.69 Å². The molecule has 1 N–H and O–H groups in total. The second-order valence-corrected chi connectivity index (χ2v) is 2.08. The van der Waals surface area contributed by atoms with Crippen LogP contribution >= 0.6 is 0 Å². The summed E-state index contributed by atoms with van der Waals surface area (Å²) < 4.78 is 0. The summed E-state index contributed by atoms with van der Waals surface area (Å²) in [6.07, 6.45) is 1.39. The summed E-state index contributed by atoms with van der Waals surface area (Å²) in [6, 6.07) is 0. The number of carbonyl (C=O) groups is 1. The molecule has 0 aromatic carbocycles. The van der Waals surface area contributed by atoms with Gasteiger partial charge in [-0.3, -0.25) is 20.0 Å². The Morgan fingerprint density at radius 3 is 2.85 bits per heavy atom. The minimum atomic E-state index is -0.730. The van der Waals surface area contributed by atoms with Crippen molar-refractivity contribution in [3.8, 4) is 0 Å². The van der Waals surface area contributed by atoms with Crippen LogP contribution in [0.5, 0.6) is 0 Å². The molecule has 0 amide bonds. The van der Waals surface area contributed by atoms with E-state index < -0.39 is 10.6 Å². The summed E-state index contributed by atoms with van der Waals surface area (Å²) in [5.41, 5.74) is -0.895. The molecule has 1 rings (SSSR count). The molecule has 68 valence electrons. The van der Waals surface area contributed by atoms with Crippen molar-refractivity contribution >= 4 is 17.5 Å². The monoisotopic (exact) mass is 182 g/mol. The van der Waals surface area contributed by atoms with E-state index in [1.807, 2.05) is 0 Å². The van der Waals surface area contributed by atoms with Crippen LogP contribution in [0, 0.1) is 10.1 Å². The Balaban J connectivity index is 3.21. The molecular weight excluding hydrogens is 178 g/mol. The van der Waals surface area contributed by atoms with Crippen molar-refractivity contribution in [2.45, 2.75) is 0 Å². The van der Waals surface area contributed by atoms with Gasteiger partial charge in [-0.05, 0) is 0 Å². The molecule has 1 heterocycles. The fraction of sp³-hybridized carbons (Fsp3) is 0.